The molecule has 0 saturated carbocycles. The molecule has 1 N–H and O–H groups in total. The first-order chi connectivity index (χ1) is 9.56. The van der Waals surface area contributed by atoms with Crippen molar-refractivity contribution in [1.29, 1.82) is 0 Å². The molecule has 1 aromatic heterocycles. The van der Waals surface area contributed by atoms with Crippen LogP contribution in [0.4, 0.5) is 5.69 Å². The summed E-state index contributed by atoms with van der Waals surface area (Å²) in [6.07, 6.45) is 0.628. The van der Waals surface area contributed by atoms with E-state index >= 15 is 0 Å². The van der Waals surface area contributed by atoms with Crippen LogP contribution >= 0.6 is 24.0 Å². The largest absolute Gasteiger partial charge is 0.351 e. The van der Waals surface area contributed by atoms with Crippen LogP contribution in [-0.4, -0.2) is 17.4 Å². The predicted octanol–water partition coefficient (Wildman–Crippen LogP) is 2.92. The average Bonchev–Trinajstić information content (AvgIpc) is 2.86. The molecule has 0 spiro atoms. The van der Waals surface area contributed by atoms with Gasteiger partial charge in [-0.25, -0.2) is 0 Å². The molecule has 0 radical (unpaired) electrons. The Labute approximate surface area is 125 Å². The number of benzene rings is 1. The molecule has 2 aromatic rings. The normalized spacial score (nSPS) is 10.2. The van der Waals surface area contributed by atoms with Crippen molar-refractivity contribution in [3.63, 3.8) is 0 Å². The second-order valence-corrected chi connectivity index (χ2v) is 5.53. The van der Waals surface area contributed by atoms with Crippen molar-refractivity contribution in [2.45, 2.75) is 11.3 Å². The maximum Gasteiger partial charge on any atom is 0.269 e. The summed E-state index contributed by atoms with van der Waals surface area (Å²) in [5.41, 5.74) is 1.01. The van der Waals surface area contributed by atoms with Crippen LogP contribution in [0.1, 0.15) is 15.2 Å². The molecule has 0 unspecified atom stereocenters. The molecule has 0 aliphatic carbocycles. The molecule has 0 aliphatic rings. The van der Waals surface area contributed by atoms with Crippen molar-refractivity contribution in [1.82, 2.24) is 5.32 Å². The number of nitro groups is 1. The predicted molar refractivity (Wildman–Crippen MR) is 80.7 cm³/mol. The molecule has 0 bridgehead atoms. The number of rotatable bonds is 5. The van der Waals surface area contributed by atoms with Crippen LogP contribution in [-0.2, 0) is 6.42 Å². The zero-order valence-corrected chi connectivity index (χ0v) is 12.1. The Balaban J connectivity index is 1.83. The van der Waals surface area contributed by atoms with E-state index in [1.54, 1.807) is 23.6 Å². The fraction of sp³-hybridized carbons (Fsp3) is 0.154. The third-order valence-corrected chi connectivity index (χ3v) is 4.02. The van der Waals surface area contributed by atoms with Crippen molar-refractivity contribution < 1.29 is 9.72 Å². The van der Waals surface area contributed by atoms with Crippen LogP contribution in [0.2, 0.25) is 0 Å². The maximum atomic E-state index is 11.8. The molecule has 0 saturated heterocycles. The Kier molecular flexibility index (Phi) is 4.75. The van der Waals surface area contributed by atoms with Gasteiger partial charge >= 0.3 is 0 Å². The number of nitrogens with zero attached hydrogens (tertiary/aromatic N) is 1. The van der Waals surface area contributed by atoms with E-state index in [9.17, 15) is 14.9 Å². The van der Waals surface area contributed by atoms with Crippen LogP contribution < -0.4 is 5.32 Å². The number of hydrogen-bond donors (Lipinski definition) is 2. The first kappa shape index (κ1) is 14.5. The Morgan fingerprint density at radius 1 is 1.35 bits per heavy atom. The lowest BCUT2D eigenvalue weighted by molar-refractivity contribution is -0.384. The Morgan fingerprint density at radius 3 is 2.60 bits per heavy atom. The molecule has 0 atom stereocenters. The van der Waals surface area contributed by atoms with E-state index in [0.29, 0.717) is 17.8 Å². The highest BCUT2D eigenvalue weighted by Gasteiger charge is 2.08. The van der Waals surface area contributed by atoms with Gasteiger partial charge in [0.1, 0.15) is 0 Å². The fourth-order valence-electron chi connectivity index (χ4n) is 1.64. The maximum absolute atomic E-state index is 11.8. The Hall–Kier alpha value is -1.86. The van der Waals surface area contributed by atoms with Crippen molar-refractivity contribution in [2.24, 2.45) is 0 Å². The molecule has 104 valence electrons. The second kappa shape index (κ2) is 6.53. The van der Waals surface area contributed by atoms with Crippen molar-refractivity contribution in [3.8, 4) is 0 Å². The van der Waals surface area contributed by atoms with Gasteiger partial charge in [0, 0.05) is 29.0 Å². The summed E-state index contributed by atoms with van der Waals surface area (Å²) in [6.45, 7) is 0.483. The minimum absolute atomic E-state index is 0.0673. The van der Waals surface area contributed by atoms with Gasteiger partial charge in [0.15, 0.2) is 0 Å². The van der Waals surface area contributed by atoms with Gasteiger partial charge < -0.3 is 5.32 Å². The number of nitro benzene ring substituents is 1. The highest BCUT2D eigenvalue weighted by atomic mass is 32.1. The number of thiophene rings is 1. The summed E-state index contributed by atoms with van der Waals surface area (Å²) >= 11 is 5.50. The van der Waals surface area contributed by atoms with E-state index in [0.717, 1.165) is 10.5 Å². The summed E-state index contributed by atoms with van der Waals surface area (Å²) in [6, 6.07) is 8.03. The third-order valence-electron chi connectivity index (χ3n) is 2.66. The van der Waals surface area contributed by atoms with Gasteiger partial charge in [0.05, 0.1) is 9.80 Å². The van der Waals surface area contributed by atoms with Crippen molar-refractivity contribution >= 4 is 35.6 Å². The first-order valence-electron chi connectivity index (χ1n) is 5.85. The topological polar surface area (TPSA) is 72.2 Å². The van der Waals surface area contributed by atoms with Crippen LogP contribution in [0.25, 0.3) is 0 Å². The molecular formula is C13H12N2O3S2. The van der Waals surface area contributed by atoms with Gasteiger partial charge in [-0.3, -0.25) is 14.9 Å². The minimum Gasteiger partial charge on any atom is -0.351 e. The summed E-state index contributed by atoms with van der Waals surface area (Å²) in [4.78, 5) is 23.2. The smallest absolute Gasteiger partial charge is 0.269 e. The molecule has 0 aliphatic heterocycles. The number of carbonyl (C=O) groups excluding carboxylic acids is 1. The molecule has 7 heteroatoms. The van der Waals surface area contributed by atoms with E-state index in [1.165, 1.54) is 23.5 Å². The zero-order chi connectivity index (χ0) is 14.5. The number of hydrogen-bond acceptors (Lipinski definition) is 5. The Bertz CT molecular complexity index is 623. The second-order valence-electron chi connectivity index (χ2n) is 4.10. The third kappa shape index (κ3) is 3.82. The Morgan fingerprint density at radius 2 is 2.05 bits per heavy atom. The fourth-order valence-corrected chi connectivity index (χ4v) is 2.70. The summed E-state index contributed by atoms with van der Waals surface area (Å²) in [5, 5.41) is 15.1. The highest BCUT2D eigenvalue weighted by molar-refractivity contribution is 7.80. The lowest BCUT2D eigenvalue weighted by Gasteiger charge is -2.03. The SMILES string of the molecule is O=C(NCCc1ccc([N+](=O)[O-])cc1)c1cc(S)cs1. The molecule has 1 aromatic carbocycles. The van der Waals surface area contributed by atoms with Crippen LogP contribution in [0.15, 0.2) is 40.6 Å². The van der Waals surface area contributed by atoms with Gasteiger partial charge in [-0.05, 0) is 18.1 Å². The van der Waals surface area contributed by atoms with Gasteiger partial charge in [0.2, 0.25) is 0 Å². The standard InChI is InChI=1S/C13H12N2O3S2/c16-13(12-7-11(19)8-20-12)14-6-5-9-1-3-10(4-2-9)15(17)18/h1-4,7-8,19H,5-6H2,(H,14,16). The van der Waals surface area contributed by atoms with Crippen LogP contribution in [0, 0.1) is 10.1 Å². The van der Waals surface area contributed by atoms with E-state index in [2.05, 4.69) is 17.9 Å². The lowest BCUT2D eigenvalue weighted by Crippen LogP contribution is -2.24. The first-order valence-corrected chi connectivity index (χ1v) is 7.18. The quantitative estimate of drug-likeness (QED) is 0.507. The number of nitrogens with one attached hydrogen (secondary N) is 1. The van der Waals surface area contributed by atoms with Crippen molar-refractivity contribution in [2.75, 3.05) is 6.54 Å². The number of carbonyl (C=O) groups is 1. The van der Waals surface area contributed by atoms with Crippen molar-refractivity contribution in [3.05, 3.63) is 56.3 Å². The van der Waals surface area contributed by atoms with Gasteiger partial charge in [0.25, 0.3) is 11.6 Å². The molecule has 1 heterocycles. The van der Waals surface area contributed by atoms with Gasteiger partial charge in [-0.15, -0.1) is 24.0 Å². The van der Waals surface area contributed by atoms with E-state index in [1.807, 2.05) is 0 Å². The van der Waals surface area contributed by atoms with Crippen LogP contribution in [0.5, 0.6) is 0 Å². The van der Waals surface area contributed by atoms with E-state index in [-0.39, 0.29) is 11.6 Å². The monoisotopic (exact) mass is 308 g/mol. The van der Waals surface area contributed by atoms with E-state index in [4.69, 9.17) is 0 Å². The number of amides is 1. The van der Waals surface area contributed by atoms with Gasteiger partial charge in [-0.1, -0.05) is 12.1 Å². The molecule has 2 rings (SSSR count). The van der Waals surface area contributed by atoms with Crippen LogP contribution in [0.3, 0.4) is 0 Å². The summed E-state index contributed by atoms with van der Waals surface area (Å²) in [5.74, 6) is -0.128. The number of non-ortho nitro benzene ring substituents is 1. The average molecular weight is 308 g/mol. The summed E-state index contributed by atoms with van der Waals surface area (Å²) < 4.78 is 0. The molecule has 5 nitrogen and oxygen atoms in total. The van der Waals surface area contributed by atoms with Gasteiger partial charge in [-0.2, -0.15) is 0 Å². The zero-order valence-electron chi connectivity index (χ0n) is 10.4. The molecule has 20 heavy (non-hydrogen) atoms. The minimum atomic E-state index is -0.433. The molecule has 0 fully saturated rings. The molecular weight excluding hydrogens is 296 g/mol. The summed E-state index contributed by atoms with van der Waals surface area (Å²) in [7, 11) is 0. The lowest BCUT2D eigenvalue weighted by atomic mass is 10.1. The van der Waals surface area contributed by atoms with E-state index < -0.39 is 4.92 Å². The highest BCUT2D eigenvalue weighted by Crippen LogP contribution is 2.17. The molecule has 1 amide bonds. The number of thiol groups is 1.